The molecule has 0 aliphatic rings. The summed E-state index contributed by atoms with van der Waals surface area (Å²) in [5, 5.41) is 18.0. The molecule has 0 bridgehead atoms. The Kier molecular flexibility index (Phi) is 6.25. The monoisotopic (exact) mass is 443 g/mol. The Morgan fingerprint density at radius 3 is 2.52 bits per heavy atom. The molecule has 3 rings (SSSR count). The standard InChI is InChI=1S/C20H18FN5O4S/c1-11(27)22-12-4-6-14(16(21)8-12)17-10-31-20(23-17)24-19(28)15-9-13(26(29)30)5-7-18(15)25(2)3/h4-10H,1-3H3,(H,22,27)(H,23,24,28). The van der Waals surface area contributed by atoms with E-state index in [1.807, 2.05) is 0 Å². The van der Waals surface area contributed by atoms with Gasteiger partial charge in [0.1, 0.15) is 5.82 Å². The molecule has 0 fully saturated rings. The summed E-state index contributed by atoms with van der Waals surface area (Å²) in [4.78, 5) is 40.3. The molecule has 3 aromatic rings. The number of hydrogen-bond acceptors (Lipinski definition) is 7. The van der Waals surface area contributed by atoms with Gasteiger partial charge in [0.15, 0.2) is 5.13 Å². The molecule has 0 aliphatic heterocycles. The number of carbonyl (C=O) groups excluding carboxylic acids is 2. The largest absolute Gasteiger partial charge is 0.377 e. The number of anilines is 3. The molecule has 31 heavy (non-hydrogen) atoms. The molecule has 2 N–H and O–H groups in total. The van der Waals surface area contributed by atoms with Gasteiger partial charge in [-0.25, -0.2) is 9.37 Å². The van der Waals surface area contributed by atoms with Crippen molar-refractivity contribution < 1.29 is 18.9 Å². The van der Waals surface area contributed by atoms with Crippen LogP contribution in [0.3, 0.4) is 0 Å². The van der Waals surface area contributed by atoms with Crippen LogP contribution in [0.1, 0.15) is 17.3 Å². The number of nitrogens with one attached hydrogen (secondary N) is 2. The van der Waals surface area contributed by atoms with Crippen molar-refractivity contribution in [1.82, 2.24) is 4.98 Å². The number of benzene rings is 2. The van der Waals surface area contributed by atoms with Gasteiger partial charge in [0, 0.05) is 55.5 Å². The highest BCUT2D eigenvalue weighted by molar-refractivity contribution is 7.14. The van der Waals surface area contributed by atoms with Crippen molar-refractivity contribution in [3.05, 3.63) is 63.3 Å². The number of rotatable bonds is 6. The average molecular weight is 443 g/mol. The lowest BCUT2D eigenvalue weighted by molar-refractivity contribution is -0.384. The van der Waals surface area contributed by atoms with Crippen molar-refractivity contribution in [1.29, 1.82) is 0 Å². The lowest BCUT2D eigenvalue weighted by Gasteiger charge is -2.16. The number of nitrogens with zero attached hydrogens (tertiary/aromatic N) is 3. The van der Waals surface area contributed by atoms with Crippen LogP contribution in [0.15, 0.2) is 41.8 Å². The maximum Gasteiger partial charge on any atom is 0.270 e. The Labute approximate surface area is 180 Å². The normalized spacial score (nSPS) is 10.5. The van der Waals surface area contributed by atoms with Crippen molar-refractivity contribution in [3.63, 3.8) is 0 Å². The van der Waals surface area contributed by atoms with E-state index in [0.717, 1.165) is 11.3 Å². The van der Waals surface area contributed by atoms with Crippen molar-refractivity contribution >= 4 is 45.3 Å². The summed E-state index contributed by atoms with van der Waals surface area (Å²) in [7, 11) is 3.43. The maximum absolute atomic E-state index is 14.4. The molecule has 2 aromatic carbocycles. The molecule has 0 unspecified atom stereocenters. The second-order valence-electron chi connectivity index (χ2n) is 6.72. The zero-order valence-electron chi connectivity index (χ0n) is 16.8. The molecule has 1 heterocycles. The number of amides is 2. The first-order chi connectivity index (χ1) is 14.7. The Hall–Kier alpha value is -3.86. The SMILES string of the molecule is CC(=O)Nc1ccc(-c2csc(NC(=O)c3cc([N+](=O)[O-])ccc3N(C)C)n2)c(F)c1. The number of hydrogen-bond donors (Lipinski definition) is 2. The summed E-state index contributed by atoms with van der Waals surface area (Å²) in [6, 6.07) is 8.21. The molecule has 0 spiro atoms. The first-order valence-corrected chi connectivity index (χ1v) is 9.84. The molecule has 1 aromatic heterocycles. The summed E-state index contributed by atoms with van der Waals surface area (Å²) in [6.45, 7) is 1.32. The van der Waals surface area contributed by atoms with E-state index in [1.165, 1.54) is 37.3 Å². The Balaban J connectivity index is 1.85. The van der Waals surface area contributed by atoms with Gasteiger partial charge in [-0.05, 0) is 24.3 Å². The second-order valence-corrected chi connectivity index (χ2v) is 7.58. The van der Waals surface area contributed by atoms with E-state index in [0.29, 0.717) is 17.1 Å². The number of carbonyl (C=O) groups is 2. The highest BCUT2D eigenvalue weighted by Gasteiger charge is 2.19. The van der Waals surface area contributed by atoms with Gasteiger partial charge in [0.05, 0.1) is 16.2 Å². The van der Waals surface area contributed by atoms with Crippen LogP contribution < -0.4 is 15.5 Å². The van der Waals surface area contributed by atoms with Crippen molar-refractivity contribution in [2.75, 3.05) is 29.6 Å². The quantitative estimate of drug-likeness (QED) is 0.437. The first-order valence-electron chi connectivity index (χ1n) is 8.96. The minimum absolute atomic E-state index is 0.113. The van der Waals surface area contributed by atoms with Gasteiger partial charge in [0.25, 0.3) is 11.6 Å². The van der Waals surface area contributed by atoms with Crippen LogP contribution >= 0.6 is 11.3 Å². The fraction of sp³-hybridized carbons (Fsp3) is 0.150. The molecule has 160 valence electrons. The Morgan fingerprint density at radius 1 is 1.16 bits per heavy atom. The van der Waals surface area contributed by atoms with Crippen LogP contribution in [-0.4, -0.2) is 35.8 Å². The van der Waals surface area contributed by atoms with Crippen molar-refractivity contribution in [3.8, 4) is 11.3 Å². The van der Waals surface area contributed by atoms with E-state index < -0.39 is 16.6 Å². The van der Waals surface area contributed by atoms with Crippen LogP contribution in [0.25, 0.3) is 11.3 Å². The van der Waals surface area contributed by atoms with Gasteiger partial charge in [0.2, 0.25) is 5.91 Å². The van der Waals surface area contributed by atoms with Gasteiger partial charge in [-0.15, -0.1) is 11.3 Å². The van der Waals surface area contributed by atoms with E-state index >= 15 is 0 Å². The molecule has 0 saturated carbocycles. The Bertz CT molecular complexity index is 1180. The maximum atomic E-state index is 14.4. The van der Waals surface area contributed by atoms with Gasteiger partial charge in [-0.2, -0.15) is 0 Å². The summed E-state index contributed by atoms with van der Waals surface area (Å²) in [5.41, 5.74) is 1.23. The van der Waals surface area contributed by atoms with Crippen LogP contribution in [0.4, 0.5) is 26.6 Å². The zero-order valence-corrected chi connectivity index (χ0v) is 17.6. The minimum Gasteiger partial charge on any atom is -0.377 e. The van der Waals surface area contributed by atoms with Gasteiger partial charge in [-0.1, -0.05) is 0 Å². The molecule has 9 nitrogen and oxygen atoms in total. The van der Waals surface area contributed by atoms with Gasteiger partial charge < -0.3 is 10.2 Å². The molecule has 0 atom stereocenters. The molecule has 0 aliphatic carbocycles. The summed E-state index contributed by atoms with van der Waals surface area (Å²) in [5.74, 6) is -1.47. The van der Waals surface area contributed by atoms with E-state index in [4.69, 9.17) is 0 Å². The highest BCUT2D eigenvalue weighted by Crippen LogP contribution is 2.30. The molecular weight excluding hydrogens is 425 g/mol. The number of thiazole rings is 1. The van der Waals surface area contributed by atoms with Crippen LogP contribution in [-0.2, 0) is 4.79 Å². The predicted octanol–water partition coefficient (Wildman–Crippen LogP) is 4.13. The van der Waals surface area contributed by atoms with E-state index in [2.05, 4.69) is 15.6 Å². The Morgan fingerprint density at radius 2 is 1.90 bits per heavy atom. The minimum atomic E-state index is -0.581. The smallest absolute Gasteiger partial charge is 0.270 e. The number of aromatic nitrogens is 1. The van der Waals surface area contributed by atoms with Crippen molar-refractivity contribution in [2.24, 2.45) is 0 Å². The van der Waals surface area contributed by atoms with Crippen molar-refractivity contribution in [2.45, 2.75) is 6.92 Å². The third-order valence-corrected chi connectivity index (χ3v) is 4.97. The van der Waals surface area contributed by atoms with Crippen LogP contribution in [0.5, 0.6) is 0 Å². The summed E-state index contributed by atoms with van der Waals surface area (Å²) >= 11 is 1.09. The van der Waals surface area contributed by atoms with Crippen LogP contribution in [0.2, 0.25) is 0 Å². The molecule has 0 saturated heterocycles. The van der Waals surface area contributed by atoms with Gasteiger partial charge in [-0.3, -0.25) is 25.0 Å². The lowest BCUT2D eigenvalue weighted by atomic mass is 10.1. The van der Waals surface area contributed by atoms with Crippen LogP contribution in [0, 0.1) is 15.9 Å². The summed E-state index contributed by atoms with van der Waals surface area (Å²) in [6.07, 6.45) is 0. The highest BCUT2D eigenvalue weighted by atomic mass is 32.1. The summed E-state index contributed by atoms with van der Waals surface area (Å²) < 4.78 is 14.4. The topological polar surface area (TPSA) is 117 Å². The number of halogens is 1. The second kappa shape index (κ2) is 8.88. The molecule has 2 amide bonds. The first kappa shape index (κ1) is 21.8. The fourth-order valence-corrected chi connectivity index (χ4v) is 3.54. The van der Waals surface area contributed by atoms with Gasteiger partial charge >= 0.3 is 0 Å². The fourth-order valence-electron chi connectivity index (χ4n) is 2.83. The van der Waals surface area contributed by atoms with E-state index in [1.54, 1.807) is 30.4 Å². The third kappa shape index (κ3) is 5.01. The predicted molar refractivity (Wildman–Crippen MR) is 117 cm³/mol. The van der Waals surface area contributed by atoms with E-state index in [-0.39, 0.29) is 27.9 Å². The number of non-ortho nitro benzene ring substituents is 1. The average Bonchev–Trinajstić information content (AvgIpc) is 3.15. The number of nitro benzene ring substituents is 1. The third-order valence-electron chi connectivity index (χ3n) is 4.21. The molecule has 0 radical (unpaired) electrons. The zero-order chi connectivity index (χ0) is 22.7. The van der Waals surface area contributed by atoms with E-state index in [9.17, 15) is 24.1 Å². The molecule has 11 heteroatoms. The lowest BCUT2D eigenvalue weighted by Crippen LogP contribution is -2.18. The number of nitro groups is 1. The molecular formula is C20H18FN5O4S.